The molecule has 1 aromatic rings. The summed E-state index contributed by atoms with van der Waals surface area (Å²) in [5.74, 6) is -1.62. The molecule has 6 nitrogen and oxygen atoms in total. The first-order valence-electron chi connectivity index (χ1n) is 7.33. The van der Waals surface area contributed by atoms with Crippen LogP contribution < -0.4 is 11.1 Å². The van der Waals surface area contributed by atoms with E-state index in [9.17, 15) is 9.59 Å². The SMILES string of the molecule is CC(CC(=O)O)C(=O)NCCCCc1ccc(C(=N)N)cc1. The van der Waals surface area contributed by atoms with Crippen molar-refractivity contribution in [3.63, 3.8) is 0 Å². The van der Waals surface area contributed by atoms with Crippen LogP contribution in [-0.2, 0) is 16.0 Å². The van der Waals surface area contributed by atoms with Gasteiger partial charge in [-0.25, -0.2) is 0 Å². The van der Waals surface area contributed by atoms with Crippen LogP contribution in [0.1, 0.15) is 37.3 Å². The third-order valence-electron chi connectivity index (χ3n) is 3.38. The molecule has 0 radical (unpaired) electrons. The molecule has 1 rings (SSSR count). The van der Waals surface area contributed by atoms with Crippen LogP contribution in [0.25, 0.3) is 0 Å². The summed E-state index contributed by atoms with van der Waals surface area (Å²) in [6, 6.07) is 7.55. The molecule has 1 atom stereocenters. The Hall–Kier alpha value is -2.37. The maximum absolute atomic E-state index is 11.6. The summed E-state index contributed by atoms with van der Waals surface area (Å²) in [6.07, 6.45) is 2.50. The quantitative estimate of drug-likeness (QED) is 0.314. The molecule has 0 heterocycles. The van der Waals surface area contributed by atoms with E-state index in [1.807, 2.05) is 24.3 Å². The summed E-state index contributed by atoms with van der Waals surface area (Å²) in [6.45, 7) is 2.16. The smallest absolute Gasteiger partial charge is 0.304 e. The number of benzene rings is 1. The number of carboxylic acid groups (broad SMARTS) is 1. The molecule has 1 amide bonds. The third-order valence-corrected chi connectivity index (χ3v) is 3.38. The minimum Gasteiger partial charge on any atom is -0.481 e. The first-order chi connectivity index (χ1) is 10.4. The maximum atomic E-state index is 11.6. The van der Waals surface area contributed by atoms with Gasteiger partial charge in [-0.05, 0) is 24.8 Å². The molecule has 0 aliphatic carbocycles. The molecular formula is C16H23N3O3. The number of carboxylic acids is 1. The lowest BCUT2D eigenvalue weighted by molar-refractivity contribution is -0.140. The van der Waals surface area contributed by atoms with Crippen LogP contribution in [0.5, 0.6) is 0 Å². The number of aryl methyl sites for hydroxylation is 1. The number of nitrogen functional groups attached to an aromatic ring is 1. The number of unbranched alkanes of at least 4 members (excludes halogenated alkanes) is 1. The zero-order valence-electron chi connectivity index (χ0n) is 12.8. The Balaban J connectivity index is 2.21. The van der Waals surface area contributed by atoms with E-state index in [0.717, 1.165) is 24.8 Å². The number of carbonyl (C=O) groups excluding carboxylic acids is 1. The van der Waals surface area contributed by atoms with Crippen molar-refractivity contribution < 1.29 is 14.7 Å². The largest absolute Gasteiger partial charge is 0.481 e. The van der Waals surface area contributed by atoms with Gasteiger partial charge in [-0.15, -0.1) is 0 Å². The van der Waals surface area contributed by atoms with Crippen LogP contribution >= 0.6 is 0 Å². The van der Waals surface area contributed by atoms with Crippen molar-refractivity contribution in [3.8, 4) is 0 Å². The lowest BCUT2D eigenvalue weighted by Gasteiger charge is -2.10. The summed E-state index contributed by atoms with van der Waals surface area (Å²) < 4.78 is 0. The second kappa shape index (κ2) is 8.81. The molecule has 0 aliphatic rings. The normalized spacial score (nSPS) is 11.7. The van der Waals surface area contributed by atoms with Crippen LogP contribution in [0, 0.1) is 11.3 Å². The van der Waals surface area contributed by atoms with Gasteiger partial charge in [-0.2, -0.15) is 0 Å². The third kappa shape index (κ3) is 6.39. The summed E-state index contributed by atoms with van der Waals surface area (Å²) in [5.41, 5.74) is 7.27. The van der Waals surface area contributed by atoms with Crippen molar-refractivity contribution >= 4 is 17.7 Å². The van der Waals surface area contributed by atoms with Crippen molar-refractivity contribution in [2.75, 3.05) is 6.54 Å². The zero-order valence-corrected chi connectivity index (χ0v) is 12.8. The minimum atomic E-state index is -0.961. The lowest BCUT2D eigenvalue weighted by Crippen LogP contribution is -2.31. The Bertz CT molecular complexity index is 526. The summed E-state index contributed by atoms with van der Waals surface area (Å²) in [5, 5.41) is 18.7. The number of nitrogens with one attached hydrogen (secondary N) is 2. The van der Waals surface area contributed by atoms with E-state index in [1.165, 1.54) is 0 Å². The van der Waals surface area contributed by atoms with Crippen molar-refractivity contribution in [1.29, 1.82) is 5.41 Å². The van der Waals surface area contributed by atoms with Crippen molar-refractivity contribution in [2.45, 2.75) is 32.6 Å². The number of amides is 1. The van der Waals surface area contributed by atoms with E-state index in [0.29, 0.717) is 12.1 Å². The number of carbonyl (C=O) groups is 2. The number of amidine groups is 1. The van der Waals surface area contributed by atoms with Gasteiger partial charge in [0.2, 0.25) is 5.91 Å². The maximum Gasteiger partial charge on any atom is 0.304 e. The van der Waals surface area contributed by atoms with Gasteiger partial charge in [0.15, 0.2) is 0 Å². The molecule has 22 heavy (non-hydrogen) atoms. The predicted molar refractivity (Wildman–Crippen MR) is 84.8 cm³/mol. The summed E-state index contributed by atoms with van der Waals surface area (Å²) in [7, 11) is 0. The van der Waals surface area contributed by atoms with E-state index in [4.69, 9.17) is 16.2 Å². The highest BCUT2D eigenvalue weighted by Gasteiger charge is 2.15. The van der Waals surface area contributed by atoms with Crippen LogP contribution in [-0.4, -0.2) is 29.4 Å². The highest BCUT2D eigenvalue weighted by molar-refractivity contribution is 5.94. The topological polar surface area (TPSA) is 116 Å². The van der Waals surface area contributed by atoms with Gasteiger partial charge in [-0.1, -0.05) is 31.2 Å². The molecule has 0 bridgehead atoms. The van der Waals surface area contributed by atoms with Crippen molar-refractivity contribution in [3.05, 3.63) is 35.4 Å². The zero-order chi connectivity index (χ0) is 16.5. The van der Waals surface area contributed by atoms with Crippen molar-refractivity contribution in [1.82, 2.24) is 5.32 Å². The Morgan fingerprint density at radius 2 is 1.91 bits per heavy atom. The molecule has 0 spiro atoms. The van der Waals surface area contributed by atoms with E-state index >= 15 is 0 Å². The van der Waals surface area contributed by atoms with Crippen molar-refractivity contribution in [2.24, 2.45) is 11.7 Å². The fourth-order valence-electron chi connectivity index (χ4n) is 2.05. The molecule has 5 N–H and O–H groups in total. The molecule has 0 fully saturated rings. The van der Waals surface area contributed by atoms with Crippen LogP contribution in [0.2, 0.25) is 0 Å². The average molecular weight is 305 g/mol. The van der Waals surface area contributed by atoms with E-state index < -0.39 is 11.9 Å². The predicted octanol–water partition coefficient (Wildman–Crippen LogP) is 1.52. The molecule has 120 valence electrons. The Labute approximate surface area is 130 Å². The monoisotopic (exact) mass is 305 g/mol. The molecule has 6 heteroatoms. The minimum absolute atomic E-state index is 0.0599. The molecule has 0 aromatic heterocycles. The van der Waals surface area contributed by atoms with Crippen LogP contribution in [0.15, 0.2) is 24.3 Å². The van der Waals surface area contributed by atoms with Gasteiger partial charge in [0.05, 0.1) is 6.42 Å². The molecule has 1 unspecified atom stereocenters. The number of rotatable bonds is 9. The second-order valence-electron chi connectivity index (χ2n) is 5.36. The number of nitrogens with two attached hydrogens (primary N) is 1. The second-order valence-corrected chi connectivity index (χ2v) is 5.36. The van der Waals surface area contributed by atoms with Gasteiger partial charge in [0, 0.05) is 18.0 Å². The first kappa shape index (κ1) is 17.7. The standard InChI is InChI=1S/C16H23N3O3/c1-11(10-14(20)21)16(22)19-9-3-2-4-12-5-7-13(8-6-12)15(17)18/h5-8,11H,2-4,9-10H2,1H3,(H3,17,18)(H,19,22)(H,20,21). The fourth-order valence-corrected chi connectivity index (χ4v) is 2.05. The average Bonchev–Trinajstić information content (AvgIpc) is 2.46. The van der Waals surface area contributed by atoms with E-state index in [1.54, 1.807) is 6.92 Å². The van der Waals surface area contributed by atoms with Gasteiger partial charge >= 0.3 is 5.97 Å². The van der Waals surface area contributed by atoms with Gasteiger partial charge in [0.25, 0.3) is 0 Å². The van der Waals surface area contributed by atoms with Gasteiger partial charge in [-0.3, -0.25) is 15.0 Å². The number of hydrogen-bond acceptors (Lipinski definition) is 3. The molecule has 0 aliphatic heterocycles. The molecule has 0 saturated heterocycles. The molecule has 1 aromatic carbocycles. The van der Waals surface area contributed by atoms with E-state index in [2.05, 4.69) is 5.32 Å². The lowest BCUT2D eigenvalue weighted by atomic mass is 10.1. The van der Waals surface area contributed by atoms with Crippen LogP contribution in [0.3, 0.4) is 0 Å². The Morgan fingerprint density at radius 1 is 1.27 bits per heavy atom. The number of hydrogen-bond donors (Lipinski definition) is 4. The summed E-state index contributed by atoms with van der Waals surface area (Å²) >= 11 is 0. The highest BCUT2D eigenvalue weighted by atomic mass is 16.4. The highest BCUT2D eigenvalue weighted by Crippen LogP contribution is 2.08. The van der Waals surface area contributed by atoms with E-state index in [-0.39, 0.29) is 18.2 Å². The Kier molecular flexibility index (Phi) is 7.08. The first-order valence-corrected chi connectivity index (χ1v) is 7.33. The Morgan fingerprint density at radius 3 is 2.45 bits per heavy atom. The van der Waals surface area contributed by atoms with Gasteiger partial charge < -0.3 is 16.2 Å². The van der Waals surface area contributed by atoms with Gasteiger partial charge in [0.1, 0.15) is 5.84 Å². The molecule has 0 saturated carbocycles. The summed E-state index contributed by atoms with van der Waals surface area (Å²) in [4.78, 5) is 22.1. The van der Waals surface area contributed by atoms with Crippen LogP contribution in [0.4, 0.5) is 0 Å². The molecular weight excluding hydrogens is 282 g/mol. The fraction of sp³-hybridized carbons (Fsp3) is 0.438. The number of aliphatic carboxylic acids is 1.